The molecule has 1 aromatic heterocycles. The maximum atomic E-state index is 11.9. The Morgan fingerprint density at radius 1 is 1.33 bits per heavy atom. The van der Waals surface area contributed by atoms with Crippen LogP contribution in [0.4, 0.5) is 5.13 Å². The fourth-order valence-corrected chi connectivity index (χ4v) is 2.59. The van der Waals surface area contributed by atoms with E-state index < -0.39 is 0 Å². The topological polar surface area (TPSA) is 73.3 Å². The number of carbonyl (C=O) groups is 1. The largest absolute Gasteiger partial charge is 0.493 e. The van der Waals surface area contributed by atoms with E-state index in [1.165, 1.54) is 17.4 Å². The minimum atomic E-state index is -0.254. The lowest BCUT2D eigenvalue weighted by Gasteiger charge is -2.13. The van der Waals surface area contributed by atoms with Gasteiger partial charge in [0, 0.05) is 6.08 Å². The van der Waals surface area contributed by atoms with Gasteiger partial charge in [-0.2, -0.15) is 0 Å². The first kappa shape index (κ1) is 17.9. The molecule has 0 aliphatic heterocycles. The van der Waals surface area contributed by atoms with Gasteiger partial charge in [0.25, 0.3) is 0 Å². The molecule has 1 amide bonds. The van der Waals surface area contributed by atoms with E-state index >= 15 is 0 Å². The summed E-state index contributed by atoms with van der Waals surface area (Å²) in [5, 5.41) is 12.0. The Labute approximate surface area is 145 Å². The summed E-state index contributed by atoms with van der Waals surface area (Å²) in [6.07, 6.45) is 4.02. The molecule has 1 aromatic carbocycles. The Balaban J connectivity index is 2.03. The number of hydrogen-bond donors (Lipinski definition) is 1. The first-order chi connectivity index (χ1) is 11.5. The predicted molar refractivity (Wildman–Crippen MR) is 95.7 cm³/mol. The van der Waals surface area contributed by atoms with Crippen molar-refractivity contribution in [2.45, 2.75) is 33.3 Å². The molecule has 0 bridgehead atoms. The van der Waals surface area contributed by atoms with E-state index in [9.17, 15) is 4.79 Å². The molecule has 0 aliphatic carbocycles. The molecule has 7 heteroatoms. The molecule has 0 aliphatic rings. The van der Waals surface area contributed by atoms with Gasteiger partial charge in [0.05, 0.1) is 13.2 Å². The van der Waals surface area contributed by atoms with E-state index in [1.54, 1.807) is 13.2 Å². The molecule has 0 fully saturated rings. The van der Waals surface area contributed by atoms with Crippen molar-refractivity contribution in [2.75, 3.05) is 12.4 Å². The zero-order valence-corrected chi connectivity index (χ0v) is 15.0. The molecular weight excluding hydrogens is 326 g/mol. The van der Waals surface area contributed by atoms with Crippen LogP contribution >= 0.6 is 11.3 Å². The molecule has 2 rings (SSSR count). The number of carbonyl (C=O) groups excluding carboxylic acids is 1. The van der Waals surface area contributed by atoms with Gasteiger partial charge in [-0.05, 0) is 44.0 Å². The van der Waals surface area contributed by atoms with Crippen LogP contribution in [0.5, 0.6) is 11.5 Å². The van der Waals surface area contributed by atoms with Gasteiger partial charge in [-0.1, -0.05) is 24.3 Å². The van der Waals surface area contributed by atoms with Crippen molar-refractivity contribution in [1.29, 1.82) is 0 Å². The number of aryl methyl sites for hydroxylation is 1. The van der Waals surface area contributed by atoms with Crippen molar-refractivity contribution in [2.24, 2.45) is 0 Å². The highest BCUT2D eigenvalue weighted by Crippen LogP contribution is 2.29. The Bertz CT molecular complexity index is 726. The molecule has 0 spiro atoms. The van der Waals surface area contributed by atoms with Crippen molar-refractivity contribution >= 4 is 28.5 Å². The van der Waals surface area contributed by atoms with Crippen LogP contribution < -0.4 is 14.8 Å². The zero-order chi connectivity index (χ0) is 17.5. The van der Waals surface area contributed by atoms with Gasteiger partial charge in [0.1, 0.15) is 5.01 Å². The summed E-state index contributed by atoms with van der Waals surface area (Å²) in [5.74, 6) is 1.05. The number of nitrogens with zero attached hydrogens (tertiary/aromatic N) is 2. The molecule has 1 N–H and O–H groups in total. The summed E-state index contributed by atoms with van der Waals surface area (Å²) >= 11 is 1.37. The van der Waals surface area contributed by atoms with Gasteiger partial charge < -0.3 is 9.47 Å². The van der Waals surface area contributed by atoms with E-state index in [-0.39, 0.29) is 12.0 Å². The van der Waals surface area contributed by atoms with Crippen molar-refractivity contribution in [3.63, 3.8) is 0 Å². The Hall–Kier alpha value is -2.41. The minimum absolute atomic E-state index is 0.0611. The van der Waals surface area contributed by atoms with Crippen LogP contribution in [-0.4, -0.2) is 29.3 Å². The average Bonchev–Trinajstić information content (AvgIpc) is 3.01. The molecule has 0 unspecified atom stereocenters. The lowest BCUT2D eigenvalue weighted by atomic mass is 10.2. The first-order valence-corrected chi connectivity index (χ1v) is 8.49. The summed E-state index contributed by atoms with van der Waals surface area (Å²) in [5.41, 5.74) is 0.838. The third-order valence-corrected chi connectivity index (χ3v) is 3.96. The van der Waals surface area contributed by atoms with Crippen molar-refractivity contribution in [1.82, 2.24) is 10.2 Å². The van der Waals surface area contributed by atoms with Crippen LogP contribution in [0, 0.1) is 0 Å². The normalized spacial score (nSPS) is 11.0. The monoisotopic (exact) mass is 347 g/mol. The summed E-state index contributed by atoms with van der Waals surface area (Å²) in [6.45, 7) is 5.90. The molecule has 0 radical (unpaired) electrons. The number of methoxy groups -OCH3 is 1. The van der Waals surface area contributed by atoms with Gasteiger partial charge in [-0.25, -0.2) is 0 Å². The van der Waals surface area contributed by atoms with Gasteiger partial charge in [0.15, 0.2) is 11.5 Å². The summed E-state index contributed by atoms with van der Waals surface area (Å²) < 4.78 is 11.0. The summed E-state index contributed by atoms with van der Waals surface area (Å²) in [7, 11) is 1.59. The second-order valence-electron chi connectivity index (χ2n) is 5.25. The second-order valence-corrected chi connectivity index (χ2v) is 6.32. The average molecular weight is 347 g/mol. The van der Waals surface area contributed by atoms with Crippen LogP contribution in [0.3, 0.4) is 0 Å². The smallest absolute Gasteiger partial charge is 0.250 e. The zero-order valence-electron chi connectivity index (χ0n) is 14.2. The Morgan fingerprint density at radius 3 is 2.75 bits per heavy atom. The van der Waals surface area contributed by atoms with E-state index in [0.717, 1.165) is 17.0 Å². The molecule has 0 saturated heterocycles. The van der Waals surface area contributed by atoms with Crippen LogP contribution in [0.1, 0.15) is 31.3 Å². The third kappa shape index (κ3) is 5.06. The van der Waals surface area contributed by atoms with Crippen molar-refractivity contribution < 1.29 is 14.3 Å². The van der Waals surface area contributed by atoms with Crippen molar-refractivity contribution in [3.05, 3.63) is 34.8 Å². The first-order valence-electron chi connectivity index (χ1n) is 7.68. The molecular formula is C17H21N3O3S. The van der Waals surface area contributed by atoms with Crippen LogP contribution in [0.25, 0.3) is 6.08 Å². The van der Waals surface area contributed by atoms with Gasteiger partial charge >= 0.3 is 0 Å². The minimum Gasteiger partial charge on any atom is -0.493 e. The fraction of sp³-hybridized carbons (Fsp3) is 0.353. The van der Waals surface area contributed by atoms with E-state index in [0.29, 0.717) is 16.6 Å². The molecule has 0 atom stereocenters. The van der Waals surface area contributed by atoms with E-state index in [1.807, 2.05) is 39.0 Å². The van der Waals surface area contributed by atoms with Crippen LogP contribution in [0.2, 0.25) is 0 Å². The standard InChI is InChI=1S/C17H21N3O3S/c1-5-16-19-20-17(24-16)18-15(21)9-7-12-6-8-13(23-11(2)3)14(10-12)22-4/h6-11H,5H2,1-4H3,(H,18,20,21)/b9-7+. The highest BCUT2D eigenvalue weighted by atomic mass is 32.1. The predicted octanol–water partition coefficient (Wildman–Crippen LogP) is 3.55. The molecule has 0 saturated carbocycles. The van der Waals surface area contributed by atoms with Crippen molar-refractivity contribution in [3.8, 4) is 11.5 Å². The maximum absolute atomic E-state index is 11.9. The lowest BCUT2D eigenvalue weighted by Crippen LogP contribution is -2.07. The van der Waals surface area contributed by atoms with E-state index in [2.05, 4.69) is 15.5 Å². The molecule has 6 nitrogen and oxygen atoms in total. The SMILES string of the molecule is CCc1nnc(NC(=O)/C=C/c2ccc(OC(C)C)c(OC)c2)s1. The number of nitrogens with one attached hydrogen (secondary N) is 1. The highest BCUT2D eigenvalue weighted by Gasteiger charge is 2.07. The Morgan fingerprint density at radius 2 is 2.12 bits per heavy atom. The van der Waals surface area contributed by atoms with Gasteiger partial charge in [-0.15, -0.1) is 10.2 Å². The fourth-order valence-electron chi connectivity index (χ4n) is 1.91. The molecule has 24 heavy (non-hydrogen) atoms. The number of ether oxygens (including phenoxy) is 2. The summed E-state index contributed by atoms with van der Waals surface area (Å²) in [6, 6.07) is 5.51. The van der Waals surface area contributed by atoms with E-state index in [4.69, 9.17) is 9.47 Å². The third-order valence-electron chi connectivity index (χ3n) is 2.98. The molecule has 2 aromatic rings. The Kier molecular flexibility index (Phi) is 6.31. The summed E-state index contributed by atoms with van der Waals surface area (Å²) in [4.78, 5) is 11.9. The number of benzene rings is 1. The molecule has 128 valence electrons. The second kappa shape index (κ2) is 8.44. The van der Waals surface area contributed by atoms with Crippen LogP contribution in [0.15, 0.2) is 24.3 Å². The van der Waals surface area contributed by atoms with Gasteiger partial charge in [0.2, 0.25) is 11.0 Å². The molecule has 1 heterocycles. The lowest BCUT2D eigenvalue weighted by molar-refractivity contribution is -0.111. The number of amides is 1. The van der Waals surface area contributed by atoms with Gasteiger partial charge in [-0.3, -0.25) is 10.1 Å². The number of aromatic nitrogens is 2. The number of rotatable bonds is 7. The quantitative estimate of drug-likeness (QED) is 0.776. The van der Waals surface area contributed by atoms with Crippen LogP contribution in [-0.2, 0) is 11.2 Å². The highest BCUT2D eigenvalue weighted by molar-refractivity contribution is 7.15. The maximum Gasteiger partial charge on any atom is 0.250 e. The number of anilines is 1. The number of hydrogen-bond acceptors (Lipinski definition) is 6.